The fraction of sp³-hybridized carbons (Fsp3) is 0.0286. The Morgan fingerprint density at radius 1 is 0.490 bits per heavy atom. The molecule has 0 spiro atoms. The Labute approximate surface area is 283 Å². The molecule has 0 saturated heterocycles. The van der Waals surface area contributed by atoms with Gasteiger partial charge in [0.2, 0.25) is 11.6 Å². The minimum absolute atomic E-state index is 0.161. The van der Waals surface area contributed by atoms with E-state index in [-0.39, 0.29) is 16.4 Å². The van der Waals surface area contributed by atoms with Gasteiger partial charge in [-0.3, -0.25) is 0 Å². The van der Waals surface area contributed by atoms with Crippen LogP contribution < -0.4 is 0 Å². The van der Waals surface area contributed by atoms with E-state index in [1.807, 2.05) is 18.2 Å². The molecule has 0 radical (unpaired) electrons. The van der Waals surface area contributed by atoms with Crippen molar-refractivity contribution < 1.29 is 43.9 Å². The lowest BCUT2D eigenvalue weighted by Crippen LogP contribution is -2.06. The van der Waals surface area contributed by atoms with Gasteiger partial charge in [0.05, 0.1) is 20.5 Å². The van der Waals surface area contributed by atoms with Crippen molar-refractivity contribution in [2.45, 2.75) is 10.1 Å². The Morgan fingerprint density at radius 3 is 1.67 bits per heavy atom. The van der Waals surface area contributed by atoms with Crippen molar-refractivity contribution in [1.29, 1.82) is 0 Å². The number of allylic oxidation sites excluding steroid dienone is 4. The third kappa shape index (κ3) is 4.30. The second-order valence-corrected chi connectivity index (χ2v) is 15.6. The van der Waals surface area contributed by atoms with Gasteiger partial charge in [-0.05, 0) is 47.1 Å². The van der Waals surface area contributed by atoms with Crippen LogP contribution in [0.4, 0.5) is 43.9 Å². The fourth-order valence-electron chi connectivity index (χ4n) is 6.21. The molecular formula is C35H10F10S4. The maximum atomic E-state index is 14.8. The molecule has 0 saturated carbocycles. The van der Waals surface area contributed by atoms with E-state index in [0.29, 0.717) is 11.0 Å². The summed E-state index contributed by atoms with van der Waals surface area (Å²) >= 11 is 5.68. The molecule has 244 valence electrons. The van der Waals surface area contributed by atoms with Gasteiger partial charge in [0.1, 0.15) is 0 Å². The van der Waals surface area contributed by atoms with Crippen LogP contribution in [0.5, 0.6) is 0 Å². The highest BCUT2D eigenvalue weighted by Gasteiger charge is 2.31. The smallest absolute Gasteiger partial charge is 0.200 e. The number of hydrogen-bond donors (Lipinski definition) is 0. The molecule has 14 heteroatoms. The summed E-state index contributed by atoms with van der Waals surface area (Å²) in [5.41, 5.74) is -1.77. The highest BCUT2D eigenvalue weighted by atomic mass is 32.2. The van der Waals surface area contributed by atoms with E-state index in [1.165, 1.54) is 70.1 Å². The van der Waals surface area contributed by atoms with Gasteiger partial charge in [0.15, 0.2) is 46.5 Å². The normalized spacial score (nSPS) is 15.8. The first-order valence-corrected chi connectivity index (χ1v) is 17.4. The van der Waals surface area contributed by atoms with Gasteiger partial charge in [-0.15, -0.1) is 45.8 Å². The maximum absolute atomic E-state index is 14.8. The lowest BCUT2D eigenvalue weighted by atomic mass is 10.0. The molecule has 9 rings (SSSR count). The lowest BCUT2D eigenvalue weighted by Gasteiger charge is -2.16. The molecule has 1 aliphatic heterocycles. The molecular weight excluding hydrogens is 739 g/mol. The molecule has 0 amide bonds. The molecule has 7 aromatic rings. The van der Waals surface area contributed by atoms with Gasteiger partial charge in [-0.2, -0.15) is 0 Å². The average Bonchev–Trinajstić information content (AvgIpc) is 3.71. The quantitative estimate of drug-likeness (QED) is 0.0964. The molecule has 3 aromatic heterocycles. The Kier molecular flexibility index (Phi) is 6.75. The van der Waals surface area contributed by atoms with Crippen LogP contribution in [-0.2, 0) is 0 Å². The summed E-state index contributed by atoms with van der Waals surface area (Å²) in [7, 11) is 0. The first kappa shape index (κ1) is 30.9. The van der Waals surface area contributed by atoms with Gasteiger partial charge in [0, 0.05) is 45.3 Å². The summed E-state index contributed by atoms with van der Waals surface area (Å²) in [6.45, 7) is 0. The highest BCUT2D eigenvalue weighted by Crippen LogP contribution is 2.53. The number of halogens is 10. The van der Waals surface area contributed by atoms with Crippen molar-refractivity contribution in [3.63, 3.8) is 0 Å². The van der Waals surface area contributed by atoms with Crippen LogP contribution >= 0.6 is 45.8 Å². The average molecular weight is 749 g/mol. The van der Waals surface area contributed by atoms with E-state index in [1.54, 1.807) is 12.1 Å². The molecule has 0 fully saturated rings. The minimum atomic E-state index is -2.23. The third-order valence-electron chi connectivity index (χ3n) is 8.48. The van der Waals surface area contributed by atoms with E-state index in [4.69, 9.17) is 0 Å². The van der Waals surface area contributed by atoms with Gasteiger partial charge in [-0.1, -0.05) is 24.3 Å². The molecule has 4 heterocycles. The van der Waals surface area contributed by atoms with Crippen LogP contribution in [0.15, 0.2) is 59.5 Å². The van der Waals surface area contributed by atoms with Crippen LogP contribution in [0.2, 0.25) is 0 Å². The van der Waals surface area contributed by atoms with Crippen LogP contribution in [0.25, 0.3) is 61.9 Å². The first-order chi connectivity index (χ1) is 23.4. The summed E-state index contributed by atoms with van der Waals surface area (Å²) in [5.74, 6) is -20.2. The van der Waals surface area contributed by atoms with E-state index in [9.17, 15) is 43.9 Å². The summed E-state index contributed by atoms with van der Waals surface area (Å²) in [6.07, 6.45) is 6.24. The zero-order valence-corrected chi connectivity index (χ0v) is 27.0. The zero-order chi connectivity index (χ0) is 34.2. The maximum Gasteiger partial charge on any atom is 0.200 e. The monoisotopic (exact) mass is 748 g/mol. The fourth-order valence-corrected chi connectivity index (χ4v) is 11.5. The number of rotatable bonds is 2. The number of thiophene rings is 3. The summed E-state index contributed by atoms with van der Waals surface area (Å²) in [4.78, 5) is 1.64. The van der Waals surface area contributed by atoms with Crippen LogP contribution in [0.1, 0.15) is 10.4 Å². The second-order valence-electron chi connectivity index (χ2n) is 11.2. The Balaban J connectivity index is 1.18. The summed E-state index contributed by atoms with van der Waals surface area (Å²) in [6, 6.07) is 8.27. The molecule has 1 aliphatic carbocycles. The second kappa shape index (κ2) is 10.7. The van der Waals surface area contributed by atoms with Crippen LogP contribution in [0.3, 0.4) is 0 Å². The molecule has 2 bridgehead atoms. The zero-order valence-electron chi connectivity index (χ0n) is 23.7. The van der Waals surface area contributed by atoms with Crippen LogP contribution in [-0.4, -0.2) is 5.25 Å². The SMILES string of the molecule is Fc1c(F)c(F)c(C2=CC3=CC(C=C2)Sc2c3sc3cc4c(cc23)sc2c3cc(-c5c(F)c(F)c(F)c(F)c5F)ccc3sc42)c(F)c1F. The standard InChI is InChI=1S/C35H10F10S4/c36-22-20(23(37)27(41)30(44)26(22)40)10-1-3-13-6-12(5-10)32-33(46-13)15-8-19-16(9-18(15)48-32)35-34(49-19)14-7-11(2-4-17(14)47-35)21-24(38)28(42)31(45)29(43)25(21)39/h1-9,13H. The topological polar surface area (TPSA) is 0 Å². The predicted molar refractivity (Wildman–Crippen MR) is 176 cm³/mol. The number of thioether (sulfide) groups is 1. The number of fused-ring (bicyclic) bond motifs is 10. The van der Waals surface area contributed by atoms with Crippen molar-refractivity contribution in [2.75, 3.05) is 0 Å². The predicted octanol–water partition coefficient (Wildman–Crippen LogP) is 13.1. The first-order valence-electron chi connectivity index (χ1n) is 14.1. The minimum Gasteiger partial charge on any atom is -0.203 e. The van der Waals surface area contributed by atoms with Crippen LogP contribution in [0, 0.1) is 58.2 Å². The molecule has 49 heavy (non-hydrogen) atoms. The van der Waals surface area contributed by atoms with Crippen molar-refractivity contribution in [3.8, 4) is 11.1 Å². The molecule has 4 aromatic carbocycles. The van der Waals surface area contributed by atoms with Crippen molar-refractivity contribution in [1.82, 2.24) is 0 Å². The largest absolute Gasteiger partial charge is 0.203 e. The van der Waals surface area contributed by atoms with Gasteiger partial charge in [0.25, 0.3) is 0 Å². The Bertz CT molecular complexity index is 2700. The van der Waals surface area contributed by atoms with E-state index in [2.05, 4.69) is 0 Å². The lowest BCUT2D eigenvalue weighted by molar-refractivity contribution is 0.376. The third-order valence-corrected chi connectivity index (χ3v) is 13.6. The molecule has 1 atom stereocenters. The van der Waals surface area contributed by atoms with Gasteiger partial charge >= 0.3 is 0 Å². The Hall–Kier alpha value is -4.11. The Morgan fingerprint density at radius 2 is 1.02 bits per heavy atom. The number of benzene rings is 4. The summed E-state index contributed by atoms with van der Waals surface area (Å²) < 4.78 is 146. The van der Waals surface area contributed by atoms with Crippen molar-refractivity contribution >= 4 is 96.6 Å². The van der Waals surface area contributed by atoms with Crippen molar-refractivity contribution in [3.05, 3.63) is 123 Å². The molecule has 1 unspecified atom stereocenters. The van der Waals surface area contributed by atoms with E-state index in [0.717, 1.165) is 44.0 Å². The van der Waals surface area contributed by atoms with Crippen molar-refractivity contribution in [2.24, 2.45) is 0 Å². The number of hydrogen-bond acceptors (Lipinski definition) is 4. The van der Waals surface area contributed by atoms with Gasteiger partial charge < -0.3 is 0 Å². The summed E-state index contributed by atoms with van der Waals surface area (Å²) in [5, 5.41) is 2.05. The highest BCUT2D eigenvalue weighted by molar-refractivity contribution is 8.00. The molecule has 2 aliphatic rings. The van der Waals surface area contributed by atoms with E-state index < -0.39 is 69.3 Å². The van der Waals surface area contributed by atoms with Gasteiger partial charge in [-0.25, -0.2) is 43.9 Å². The molecule has 0 nitrogen and oxygen atoms in total. The van der Waals surface area contributed by atoms with E-state index >= 15 is 0 Å². The molecule has 0 N–H and O–H groups in total.